The van der Waals surface area contributed by atoms with E-state index >= 15 is 0 Å². The molecule has 1 aromatic heterocycles. The van der Waals surface area contributed by atoms with Crippen LogP contribution in [0.15, 0.2) is 35.5 Å². The van der Waals surface area contributed by atoms with Crippen molar-refractivity contribution in [3.63, 3.8) is 0 Å². The number of hydrogen-bond donors (Lipinski definition) is 1. The van der Waals surface area contributed by atoms with Crippen LogP contribution in [0.2, 0.25) is 0 Å². The summed E-state index contributed by atoms with van der Waals surface area (Å²) in [5.41, 5.74) is 1.24. The van der Waals surface area contributed by atoms with Crippen molar-refractivity contribution in [2.45, 2.75) is 50.1 Å². The van der Waals surface area contributed by atoms with Gasteiger partial charge in [-0.05, 0) is 17.9 Å². The van der Waals surface area contributed by atoms with Crippen LogP contribution in [0.1, 0.15) is 43.5 Å². The molecular weight excluding hydrogens is 344 g/mol. The molecule has 6 heteroatoms. The van der Waals surface area contributed by atoms with Crippen molar-refractivity contribution in [1.29, 1.82) is 0 Å². The van der Waals surface area contributed by atoms with Gasteiger partial charge in [-0.15, -0.1) is 10.2 Å². The van der Waals surface area contributed by atoms with E-state index in [-0.39, 0.29) is 5.91 Å². The van der Waals surface area contributed by atoms with Gasteiger partial charge in [-0.2, -0.15) is 0 Å². The quantitative estimate of drug-likeness (QED) is 0.722. The van der Waals surface area contributed by atoms with E-state index in [0.717, 1.165) is 29.7 Å². The molecule has 1 N–H and O–H groups in total. The Balaban J connectivity index is 1.40. The molecule has 1 fully saturated rings. The molecule has 1 heterocycles. The lowest BCUT2D eigenvalue weighted by molar-refractivity contribution is -0.118. The predicted octanol–water partition coefficient (Wildman–Crippen LogP) is 3.39. The number of rotatable bonds is 8. The maximum absolute atomic E-state index is 12.1. The summed E-state index contributed by atoms with van der Waals surface area (Å²) in [4.78, 5) is 12.1. The van der Waals surface area contributed by atoms with Gasteiger partial charge in [0.2, 0.25) is 5.91 Å². The van der Waals surface area contributed by atoms with E-state index in [1.807, 2.05) is 25.2 Å². The fourth-order valence-corrected chi connectivity index (χ4v) is 4.23. The third-order valence-corrected chi connectivity index (χ3v) is 6.05. The van der Waals surface area contributed by atoms with Gasteiger partial charge in [-0.25, -0.2) is 0 Å². The minimum atomic E-state index is 0.0442. The molecule has 0 bridgehead atoms. The van der Waals surface area contributed by atoms with Crippen molar-refractivity contribution in [3.8, 4) is 0 Å². The third-order valence-electron chi connectivity index (χ3n) is 5.03. The van der Waals surface area contributed by atoms with Crippen LogP contribution < -0.4 is 5.32 Å². The number of hydrogen-bond acceptors (Lipinski definition) is 4. The van der Waals surface area contributed by atoms with Gasteiger partial charge in [0.15, 0.2) is 5.16 Å². The normalized spacial score (nSPS) is 15.1. The molecular formula is C20H28N4OS. The van der Waals surface area contributed by atoms with Crippen molar-refractivity contribution in [3.05, 3.63) is 41.7 Å². The van der Waals surface area contributed by atoms with Gasteiger partial charge < -0.3 is 9.88 Å². The monoisotopic (exact) mass is 372 g/mol. The number of carbonyl (C=O) groups excluding carboxylic acids is 1. The maximum Gasteiger partial charge on any atom is 0.230 e. The minimum Gasteiger partial charge on any atom is -0.355 e. The first-order valence-corrected chi connectivity index (χ1v) is 10.5. The van der Waals surface area contributed by atoms with E-state index in [1.54, 1.807) is 0 Å². The zero-order valence-electron chi connectivity index (χ0n) is 15.5. The zero-order chi connectivity index (χ0) is 18.2. The molecule has 0 saturated heterocycles. The Morgan fingerprint density at radius 3 is 2.73 bits per heavy atom. The molecule has 0 unspecified atom stereocenters. The Labute approximate surface area is 160 Å². The molecule has 0 aliphatic heterocycles. The van der Waals surface area contributed by atoms with E-state index in [2.05, 4.69) is 32.2 Å². The SMILES string of the molecule is Cn1c(CC2CCCCC2)nnc1SCC(=O)NCCc1ccccc1. The highest BCUT2D eigenvalue weighted by Crippen LogP contribution is 2.27. The summed E-state index contributed by atoms with van der Waals surface area (Å²) in [5, 5.41) is 12.4. The number of nitrogens with one attached hydrogen (secondary N) is 1. The lowest BCUT2D eigenvalue weighted by Crippen LogP contribution is -2.27. The topological polar surface area (TPSA) is 59.8 Å². The third kappa shape index (κ3) is 5.59. The average molecular weight is 373 g/mol. The molecule has 1 amide bonds. The largest absolute Gasteiger partial charge is 0.355 e. The Morgan fingerprint density at radius 2 is 1.96 bits per heavy atom. The van der Waals surface area contributed by atoms with Crippen molar-refractivity contribution in [2.24, 2.45) is 13.0 Å². The molecule has 3 rings (SSSR count). The fraction of sp³-hybridized carbons (Fsp3) is 0.550. The molecule has 0 radical (unpaired) electrons. The molecule has 1 saturated carbocycles. The van der Waals surface area contributed by atoms with E-state index in [9.17, 15) is 4.79 Å². The number of aromatic nitrogens is 3. The summed E-state index contributed by atoms with van der Waals surface area (Å²) in [6.45, 7) is 0.662. The molecule has 1 aliphatic carbocycles. The number of amides is 1. The Bertz CT molecular complexity index is 695. The van der Waals surface area contributed by atoms with Gasteiger partial charge in [-0.3, -0.25) is 4.79 Å². The summed E-state index contributed by atoms with van der Waals surface area (Å²) in [5.74, 6) is 2.21. The van der Waals surface area contributed by atoms with Gasteiger partial charge in [0.05, 0.1) is 5.75 Å². The Kier molecular flexibility index (Phi) is 7.12. The summed E-state index contributed by atoms with van der Waals surface area (Å²) in [7, 11) is 2.01. The van der Waals surface area contributed by atoms with Crippen LogP contribution in [0, 0.1) is 5.92 Å². The maximum atomic E-state index is 12.1. The standard InChI is InChI=1S/C20H28N4OS/c1-24-18(14-17-10-6-3-7-11-17)22-23-20(24)26-15-19(25)21-13-12-16-8-4-2-5-9-16/h2,4-5,8-9,17H,3,6-7,10-15H2,1H3,(H,21,25). The van der Waals surface area contributed by atoms with Crippen LogP contribution in [-0.4, -0.2) is 33.0 Å². The van der Waals surface area contributed by atoms with Gasteiger partial charge in [0.25, 0.3) is 0 Å². The first-order valence-electron chi connectivity index (χ1n) is 9.54. The van der Waals surface area contributed by atoms with Gasteiger partial charge in [0.1, 0.15) is 5.82 Å². The van der Waals surface area contributed by atoms with E-state index in [4.69, 9.17) is 0 Å². The predicted molar refractivity (Wildman–Crippen MR) is 105 cm³/mol. The molecule has 0 atom stereocenters. The van der Waals surface area contributed by atoms with Crippen LogP contribution in [0.3, 0.4) is 0 Å². The van der Waals surface area contributed by atoms with Crippen LogP contribution in [-0.2, 0) is 24.7 Å². The second-order valence-electron chi connectivity index (χ2n) is 7.04. The van der Waals surface area contributed by atoms with Crippen LogP contribution >= 0.6 is 11.8 Å². The van der Waals surface area contributed by atoms with Crippen molar-refractivity contribution in [1.82, 2.24) is 20.1 Å². The number of nitrogens with zero attached hydrogens (tertiary/aromatic N) is 3. The van der Waals surface area contributed by atoms with E-state index in [0.29, 0.717) is 12.3 Å². The van der Waals surface area contributed by atoms with Gasteiger partial charge in [-0.1, -0.05) is 74.2 Å². The molecule has 140 valence electrons. The molecule has 26 heavy (non-hydrogen) atoms. The van der Waals surface area contributed by atoms with Gasteiger partial charge in [0, 0.05) is 20.0 Å². The van der Waals surface area contributed by atoms with Crippen molar-refractivity contribution in [2.75, 3.05) is 12.3 Å². The summed E-state index contributed by atoms with van der Waals surface area (Å²) >= 11 is 1.46. The van der Waals surface area contributed by atoms with Crippen LogP contribution in [0.5, 0.6) is 0 Å². The molecule has 5 nitrogen and oxygen atoms in total. The van der Waals surface area contributed by atoms with Crippen molar-refractivity contribution < 1.29 is 4.79 Å². The van der Waals surface area contributed by atoms with Crippen molar-refractivity contribution >= 4 is 17.7 Å². The molecule has 1 aromatic carbocycles. The number of thioether (sulfide) groups is 1. The molecule has 1 aliphatic rings. The smallest absolute Gasteiger partial charge is 0.230 e. The van der Waals surface area contributed by atoms with Crippen LogP contribution in [0.25, 0.3) is 0 Å². The average Bonchev–Trinajstić information content (AvgIpc) is 3.01. The Hall–Kier alpha value is -1.82. The lowest BCUT2D eigenvalue weighted by atomic mass is 9.87. The number of carbonyl (C=O) groups is 1. The van der Waals surface area contributed by atoms with Gasteiger partial charge >= 0.3 is 0 Å². The summed E-state index contributed by atoms with van der Waals surface area (Å²) in [6.07, 6.45) is 8.52. The second kappa shape index (κ2) is 9.76. The zero-order valence-corrected chi connectivity index (χ0v) is 16.3. The van der Waals surface area contributed by atoms with E-state index in [1.165, 1.54) is 49.4 Å². The molecule has 0 spiro atoms. The first-order chi connectivity index (χ1) is 12.7. The summed E-state index contributed by atoms with van der Waals surface area (Å²) in [6, 6.07) is 10.2. The minimum absolute atomic E-state index is 0.0442. The lowest BCUT2D eigenvalue weighted by Gasteiger charge is -2.20. The highest BCUT2D eigenvalue weighted by atomic mass is 32.2. The van der Waals surface area contributed by atoms with Crippen LogP contribution in [0.4, 0.5) is 0 Å². The molecule has 2 aromatic rings. The first kappa shape index (κ1) is 19.0. The number of benzene rings is 1. The Morgan fingerprint density at radius 1 is 1.19 bits per heavy atom. The highest BCUT2D eigenvalue weighted by Gasteiger charge is 2.18. The second-order valence-corrected chi connectivity index (χ2v) is 7.98. The fourth-order valence-electron chi connectivity index (χ4n) is 3.47. The summed E-state index contributed by atoms with van der Waals surface area (Å²) < 4.78 is 2.05. The highest BCUT2D eigenvalue weighted by molar-refractivity contribution is 7.99. The van der Waals surface area contributed by atoms with E-state index < -0.39 is 0 Å².